The van der Waals surface area contributed by atoms with Gasteiger partial charge in [0.1, 0.15) is 5.76 Å². The highest BCUT2D eigenvalue weighted by Gasteiger charge is 2.26. The molecule has 0 aromatic carbocycles. The number of hydrogen-bond donors (Lipinski definition) is 1. The van der Waals surface area contributed by atoms with Crippen molar-refractivity contribution < 1.29 is 4.42 Å². The summed E-state index contributed by atoms with van der Waals surface area (Å²) in [4.78, 5) is 0. The van der Waals surface area contributed by atoms with Crippen LogP contribution >= 0.6 is 11.6 Å². The van der Waals surface area contributed by atoms with E-state index in [4.69, 9.17) is 16.0 Å². The second kappa shape index (κ2) is 3.35. The Morgan fingerprint density at radius 2 is 2.38 bits per heavy atom. The van der Waals surface area contributed by atoms with Crippen LogP contribution in [0.4, 0.5) is 0 Å². The highest BCUT2D eigenvalue weighted by Crippen LogP contribution is 2.32. The van der Waals surface area contributed by atoms with Gasteiger partial charge in [-0.1, -0.05) is 13.8 Å². The van der Waals surface area contributed by atoms with Gasteiger partial charge in [0, 0.05) is 0 Å². The molecular formula is C10H14ClNO. The maximum atomic E-state index is 5.83. The topological polar surface area (TPSA) is 25.2 Å². The van der Waals surface area contributed by atoms with Crippen molar-refractivity contribution in [2.45, 2.75) is 26.3 Å². The second-order valence-electron chi connectivity index (χ2n) is 3.87. The second-order valence-corrected chi connectivity index (χ2v) is 4.24. The van der Waals surface area contributed by atoms with Crippen LogP contribution in [-0.4, -0.2) is 6.54 Å². The average Bonchev–Trinajstić information content (AvgIpc) is 2.43. The largest absolute Gasteiger partial charge is 0.448 e. The summed E-state index contributed by atoms with van der Waals surface area (Å²) in [6.07, 6.45) is 1.02. The lowest BCUT2D eigenvalue weighted by molar-refractivity contribution is 0.325. The fourth-order valence-electron chi connectivity index (χ4n) is 1.86. The molecule has 13 heavy (non-hydrogen) atoms. The molecule has 1 aliphatic heterocycles. The number of halogens is 1. The Kier molecular flexibility index (Phi) is 2.35. The van der Waals surface area contributed by atoms with Crippen LogP contribution < -0.4 is 5.32 Å². The van der Waals surface area contributed by atoms with Gasteiger partial charge in [-0.2, -0.15) is 0 Å². The van der Waals surface area contributed by atoms with Crippen LogP contribution in [0.25, 0.3) is 0 Å². The lowest BCUT2D eigenvalue weighted by Crippen LogP contribution is -2.32. The summed E-state index contributed by atoms with van der Waals surface area (Å²) in [5, 5.41) is 3.95. The van der Waals surface area contributed by atoms with Gasteiger partial charge in [-0.05, 0) is 42.1 Å². The van der Waals surface area contributed by atoms with Gasteiger partial charge in [0.25, 0.3) is 0 Å². The molecule has 1 aromatic heterocycles. The Morgan fingerprint density at radius 1 is 1.62 bits per heavy atom. The lowest BCUT2D eigenvalue weighted by atomic mass is 9.95. The molecular weight excluding hydrogens is 186 g/mol. The molecule has 0 aliphatic carbocycles. The molecule has 1 atom stereocenters. The molecule has 1 aromatic rings. The Hall–Kier alpha value is -0.470. The van der Waals surface area contributed by atoms with E-state index in [0.29, 0.717) is 17.2 Å². The molecule has 2 heterocycles. The first-order valence-electron chi connectivity index (χ1n) is 4.70. The first kappa shape index (κ1) is 9.10. The summed E-state index contributed by atoms with van der Waals surface area (Å²) in [5.74, 6) is 1.58. The van der Waals surface area contributed by atoms with Crippen molar-refractivity contribution >= 4 is 11.6 Å². The lowest BCUT2D eigenvalue weighted by Gasteiger charge is -2.25. The zero-order valence-electron chi connectivity index (χ0n) is 7.93. The fourth-order valence-corrected chi connectivity index (χ4v) is 2.08. The molecule has 0 radical (unpaired) electrons. The van der Waals surface area contributed by atoms with Crippen LogP contribution in [0.15, 0.2) is 10.5 Å². The minimum atomic E-state index is 0.330. The van der Waals surface area contributed by atoms with E-state index in [1.807, 2.05) is 6.07 Å². The van der Waals surface area contributed by atoms with Crippen LogP contribution in [-0.2, 0) is 6.42 Å². The van der Waals surface area contributed by atoms with Crippen LogP contribution in [0.1, 0.15) is 31.2 Å². The molecule has 2 nitrogen and oxygen atoms in total. The zero-order chi connectivity index (χ0) is 9.42. The molecule has 2 rings (SSSR count). The maximum Gasteiger partial charge on any atom is 0.193 e. The van der Waals surface area contributed by atoms with E-state index in [-0.39, 0.29) is 0 Å². The monoisotopic (exact) mass is 199 g/mol. The predicted molar refractivity (Wildman–Crippen MR) is 53.0 cm³/mol. The van der Waals surface area contributed by atoms with Crippen LogP contribution in [0, 0.1) is 5.92 Å². The summed E-state index contributed by atoms with van der Waals surface area (Å²) in [5.41, 5.74) is 1.27. The van der Waals surface area contributed by atoms with Crippen molar-refractivity contribution in [3.63, 3.8) is 0 Å². The van der Waals surface area contributed by atoms with Crippen molar-refractivity contribution in [3.8, 4) is 0 Å². The predicted octanol–water partition coefficient (Wildman–Crippen LogP) is 2.78. The van der Waals surface area contributed by atoms with E-state index in [1.54, 1.807) is 0 Å². The highest BCUT2D eigenvalue weighted by atomic mass is 35.5. The van der Waals surface area contributed by atoms with Gasteiger partial charge in [-0.3, -0.25) is 0 Å². The van der Waals surface area contributed by atoms with E-state index >= 15 is 0 Å². The fraction of sp³-hybridized carbons (Fsp3) is 0.600. The van der Waals surface area contributed by atoms with Gasteiger partial charge in [-0.25, -0.2) is 0 Å². The smallest absolute Gasteiger partial charge is 0.193 e. The number of furan rings is 1. The summed E-state index contributed by atoms with van der Waals surface area (Å²) in [6.45, 7) is 5.39. The first-order chi connectivity index (χ1) is 6.18. The molecule has 0 bridgehead atoms. The molecule has 0 saturated heterocycles. The van der Waals surface area contributed by atoms with Crippen molar-refractivity contribution in [1.82, 2.24) is 5.32 Å². The number of rotatable bonds is 1. The summed E-state index contributed by atoms with van der Waals surface area (Å²) in [6, 6.07) is 2.27. The van der Waals surface area contributed by atoms with Crippen LogP contribution in [0.5, 0.6) is 0 Å². The highest BCUT2D eigenvalue weighted by molar-refractivity contribution is 6.28. The first-order valence-corrected chi connectivity index (χ1v) is 5.08. The maximum absolute atomic E-state index is 5.83. The van der Waals surface area contributed by atoms with E-state index in [2.05, 4.69) is 19.2 Å². The summed E-state index contributed by atoms with van der Waals surface area (Å²) < 4.78 is 5.48. The minimum Gasteiger partial charge on any atom is -0.448 e. The molecule has 72 valence electrons. The van der Waals surface area contributed by atoms with Gasteiger partial charge in [0.15, 0.2) is 5.22 Å². The van der Waals surface area contributed by atoms with Crippen molar-refractivity contribution in [3.05, 3.63) is 22.6 Å². The van der Waals surface area contributed by atoms with Gasteiger partial charge < -0.3 is 9.73 Å². The van der Waals surface area contributed by atoms with Crippen LogP contribution in [0.3, 0.4) is 0 Å². The van der Waals surface area contributed by atoms with Crippen LogP contribution in [0.2, 0.25) is 5.22 Å². The third kappa shape index (κ3) is 1.61. The Balaban J connectivity index is 2.36. The molecule has 3 heteroatoms. The van der Waals surface area contributed by atoms with E-state index < -0.39 is 0 Å². The van der Waals surface area contributed by atoms with Crippen molar-refractivity contribution in [1.29, 1.82) is 0 Å². The normalized spacial score (nSPS) is 22.0. The standard InChI is InChI=1S/C10H14ClNO/c1-6(2)9-10-7(3-4-12-9)5-8(11)13-10/h5-6,9,12H,3-4H2,1-2H3. The number of hydrogen-bond acceptors (Lipinski definition) is 2. The van der Waals surface area contributed by atoms with E-state index in [9.17, 15) is 0 Å². The molecule has 0 saturated carbocycles. The minimum absolute atomic E-state index is 0.330. The SMILES string of the molecule is CC(C)C1NCCc2cc(Cl)oc21. The van der Waals surface area contributed by atoms with Crippen molar-refractivity contribution in [2.24, 2.45) is 5.92 Å². The Morgan fingerprint density at radius 3 is 3.08 bits per heavy atom. The van der Waals surface area contributed by atoms with Gasteiger partial charge in [0.2, 0.25) is 0 Å². The molecule has 0 spiro atoms. The van der Waals surface area contributed by atoms with Gasteiger partial charge in [-0.15, -0.1) is 0 Å². The third-order valence-electron chi connectivity index (χ3n) is 2.52. The zero-order valence-corrected chi connectivity index (χ0v) is 8.69. The summed E-state index contributed by atoms with van der Waals surface area (Å²) >= 11 is 5.83. The molecule has 1 N–H and O–H groups in total. The van der Waals surface area contributed by atoms with Crippen molar-refractivity contribution in [2.75, 3.05) is 6.54 Å². The molecule has 1 aliphatic rings. The van der Waals surface area contributed by atoms with Gasteiger partial charge >= 0.3 is 0 Å². The molecule has 1 unspecified atom stereocenters. The Bertz CT molecular complexity index is 306. The number of fused-ring (bicyclic) bond motifs is 1. The number of nitrogens with one attached hydrogen (secondary N) is 1. The van der Waals surface area contributed by atoms with Gasteiger partial charge in [0.05, 0.1) is 6.04 Å². The molecule has 0 amide bonds. The average molecular weight is 200 g/mol. The Labute approximate surface area is 83.3 Å². The third-order valence-corrected chi connectivity index (χ3v) is 2.71. The summed E-state index contributed by atoms with van der Waals surface area (Å²) in [7, 11) is 0. The quantitative estimate of drug-likeness (QED) is 0.753. The molecule has 0 fully saturated rings. The van der Waals surface area contributed by atoms with E-state index in [0.717, 1.165) is 18.7 Å². The van der Waals surface area contributed by atoms with E-state index in [1.165, 1.54) is 5.56 Å².